The molecule has 0 spiro atoms. The largest absolute Gasteiger partial charge is 0.466 e. The van der Waals surface area contributed by atoms with Crippen LogP contribution in [0.3, 0.4) is 0 Å². The van der Waals surface area contributed by atoms with Gasteiger partial charge in [-0.05, 0) is 62.9 Å². The number of rotatable bonds is 5. The molecular weight excluding hydrogens is 470 g/mol. The van der Waals surface area contributed by atoms with Crippen LogP contribution < -0.4 is 4.72 Å². The number of aryl methyl sites for hydroxylation is 3. The molecule has 180 valence electrons. The Bertz CT molecular complexity index is 1290. The van der Waals surface area contributed by atoms with E-state index in [1.165, 1.54) is 7.11 Å². The highest BCUT2D eigenvalue weighted by atomic mass is 32.2. The summed E-state index contributed by atoms with van der Waals surface area (Å²) in [5.74, 6) is 0.538. The molecule has 34 heavy (non-hydrogen) atoms. The Morgan fingerprint density at radius 1 is 1.15 bits per heavy atom. The van der Waals surface area contributed by atoms with Crippen molar-refractivity contribution < 1.29 is 17.9 Å². The topological polar surface area (TPSA) is 88.1 Å². The van der Waals surface area contributed by atoms with Crippen molar-refractivity contribution in [3.05, 3.63) is 69.9 Å². The molecule has 2 aliphatic rings. The van der Waals surface area contributed by atoms with Crippen molar-refractivity contribution in [1.82, 2.24) is 4.90 Å². The van der Waals surface area contributed by atoms with Crippen LogP contribution in [0.2, 0.25) is 0 Å². The van der Waals surface area contributed by atoms with Gasteiger partial charge in [0.05, 0.1) is 29.3 Å². The number of methoxy groups -OCH3 is 1. The van der Waals surface area contributed by atoms with Gasteiger partial charge >= 0.3 is 5.97 Å². The smallest absolute Gasteiger partial charge is 0.338 e. The van der Waals surface area contributed by atoms with E-state index in [4.69, 9.17) is 4.74 Å². The lowest BCUT2D eigenvalue weighted by Crippen LogP contribution is -2.42. The minimum atomic E-state index is -3.80. The summed E-state index contributed by atoms with van der Waals surface area (Å²) in [6, 6.07) is 10.5. The number of carbonyl (C=O) groups excluding carboxylic acids is 1. The van der Waals surface area contributed by atoms with Gasteiger partial charge in [0.1, 0.15) is 0 Å². The summed E-state index contributed by atoms with van der Waals surface area (Å²) in [4.78, 5) is 19.8. The van der Waals surface area contributed by atoms with Gasteiger partial charge in [-0.2, -0.15) is 0 Å². The number of fused-ring (bicyclic) bond motifs is 1. The van der Waals surface area contributed by atoms with Crippen LogP contribution in [-0.4, -0.2) is 43.9 Å². The fourth-order valence-corrected chi connectivity index (χ4v) is 7.28. The molecule has 2 aromatic rings. The van der Waals surface area contributed by atoms with Crippen molar-refractivity contribution >= 4 is 38.6 Å². The SMILES string of the molecule is COC(=O)C1=C(C)N=C2SCCCN2[C@@H]1c1cccc(NS(=O)(=O)c2c(C)cc(C)cc2C)c1. The summed E-state index contributed by atoms with van der Waals surface area (Å²) < 4.78 is 34.5. The van der Waals surface area contributed by atoms with Gasteiger partial charge in [0.2, 0.25) is 0 Å². The third-order valence-corrected chi connectivity index (χ3v) is 8.75. The molecule has 4 rings (SSSR count). The van der Waals surface area contributed by atoms with Crippen molar-refractivity contribution in [3.63, 3.8) is 0 Å². The van der Waals surface area contributed by atoms with E-state index >= 15 is 0 Å². The molecule has 1 fully saturated rings. The first-order valence-corrected chi connectivity index (χ1v) is 13.6. The number of aliphatic imine (C=N–C) groups is 1. The monoisotopic (exact) mass is 499 g/mol. The summed E-state index contributed by atoms with van der Waals surface area (Å²) in [7, 11) is -2.44. The lowest BCUT2D eigenvalue weighted by atomic mass is 9.94. The highest BCUT2D eigenvalue weighted by Gasteiger charge is 2.37. The van der Waals surface area contributed by atoms with E-state index in [2.05, 4.69) is 14.6 Å². The molecule has 2 aliphatic heterocycles. The number of hydrogen-bond donors (Lipinski definition) is 1. The second-order valence-electron chi connectivity index (χ2n) is 8.64. The third kappa shape index (κ3) is 4.59. The molecule has 1 N–H and O–H groups in total. The van der Waals surface area contributed by atoms with Crippen molar-refractivity contribution in [2.75, 3.05) is 24.1 Å². The standard InChI is InChI=1S/C25H29N3O4S2/c1-15-12-16(2)23(17(3)13-15)34(30,31)27-20-9-6-8-19(14-20)22-21(24(29)32-5)18(4)26-25-28(22)10-7-11-33-25/h6,8-9,12-14,22,27H,7,10-11H2,1-5H3/t22-/m1/s1. The molecule has 2 aromatic carbocycles. The van der Waals surface area contributed by atoms with E-state index in [-0.39, 0.29) is 4.90 Å². The number of esters is 1. The summed E-state index contributed by atoms with van der Waals surface area (Å²) >= 11 is 1.66. The normalized spacial score (nSPS) is 18.3. The highest BCUT2D eigenvalue weighted by molar-refractivity contribution is 8.13. The van der Waals surface area contributed by atoms with Crippen molar-refractivity contribution in [2.45, 2.75) is 45.1 Å². The minimum absolute atomic E-state index is 0.286. The Morgan fingerprint density at radius 2 is 1.85 bits per heavy atom. The Labute approximate surface area is 205 Å². The van der Waals surface area contributed by atoms with E-state index in [0.29, 0.717) is 28.1 Å². The molecule has 0 unspecified atom stereocenters. The van der Waals surface area contributed by atoms with Gasteiger partial charge in [-0.3, -0.25) is 4.72 Å². The Kier molecular flexibility index (Phi) is 6.78. The van der Waals surface area contributed by atoms with E-state index in [0.717, 1.165) is 35.0 Å². The van der Waals surface area contributed by atoms with E-state index < -0.39 is 22.0 Å². The number of nitrogens with one attached hydrogen (secondary N) is 1. The summed E-state index contributed by atoms with van der Waals surface area (Å²) in [5, 5.41) is 0.873. The summed E-state index contributed by atoms with van der Waals surface area (Å²) in [6.45, 7) is 8.12. The average Bonchev–Trinajstić information content (AvgIpc) is 2.76. The molecule has 0 amide bonds. The Balaban J connectivity index is 1.74. The minimum Gasteiger partial charge on any atom is -0.466 e. The zero-order valence-electron chi connectivity index (χ0n) is 20.0. The molecule has 9 heteroatoms. The third-order valence-electron chi connectivity index (χ3n) is 5.99. The van der Waals surface area contributed by atoms with Crippen LogP contribution in [0.25, 0.3) is 0 Å². The van der Waals surface area contributed by atoms with Crippen LogP contribution in [-0.2, 0) is 19.6 Å². The van der Waals surface area contributed by atoms with Crippen LogP contribution in [0.4, 0.5) is 5.69 Å². The van der Waals surface area contributed by atoms with Gasteiger partial charge in [0.25, 0.3) is 10.0 Å². The van der Waals surface area contributed by atoms with Gasteiger partial charge in [0, 0.05) is 18.0 Å². The number of ether oxygens (including phenoxy) is 1. The molecule has 1 atom stereocenters. The average molecular weight is 500 g/mol. The van der Waals surface area contributed by atoms with Crippen LogP contribution in [0.5, 0.6) is 0 Å². The van der Waals surface area contributed by atoms with Crippen molar-refractivity contribution in [3.8, 4) is 0 Å². The van der Waals surface area contributed by atoms with E-state index in [9.17, 15) is 13.2 Å². The molecule has 0 aliphatic carbocycles. The van der Waals surface area contributed by atoms with Gasteiger partial charge in [-0.15, -0.1) is 0 Å². The molecule has 0 saturated carbocycles. The molecular formula is C25H29N3O4S2. The molecule has 0 aromatic heterocycles. The molecule has 0 bridgehead atoms. The van der Waals surface area contributed by atoms with E-state index in [1.54, 1.807) is 43.8 Å². The van der Waals surface area contributed by atoms with Gasteiger partial charge in [-0.1, -0.05) is 41.6 Å². The van der Waals surface area contributed by atoms with Crippen LogP contribution >= 0.6 is 11.8 Å². The summed E-state index contributed by atoms with van der Waals surface area (Å²) in [6.07, 6.45) is 0.964. The number of allylic oxidation sites excluding steroid dienone is 1. The number of anilines is 1. The zero-order chi connectivity index (χ0) is 24.6. The van der Waals surface area contributed by atoms with Crippen LogP contribution in [0.1, 0.15) is 41.6 Å². The second kappa shape index (κ2) is 9.46. The molecule has 1 saturated heterocycles. The number of amidine groups is 1. The van der Waals surface area contributed by atoms with Crippen molar-refractivity contribution in [1.29, 1.82) is 0 Å². The van der Waals surface area contributed by atoms with Crippen LogP contribution in [0.15, 0.2) is 57.6 Å². The maximum atomic E-state index is 13.3. The Morgan fingerprint density at radius 3 is 2.53 bits per heavy atom. The number of benzene rings is 2. The van der Waals surface area contributed by atoms with Crippen molar-refractivity contribution in [2.24, 2.45) is 4.99 Å². The van der Waals surface area contributed by atoms with E-state index in [1.807, 2.05) is 32.0 Å². The lowest BCUT2D eigenvalue weighted by Gasteiger charge is -2.40. The van der Waals surface area contributed by atoms with Gasteiger partial charge in [-0.25, -0.2) is 18.2 Å². The maximum Gasteiger partial charge on any atom is 0.338 e. The highest BCUT2D eigenvalue weighted by Crippen LogP contribution is 2.40. The van der Waals surface area contributed by atoms with Gasteiger partial charge in [0.15, 0.2) is 5.17 Å². The number of nitrogens with zero attached hydrogens (tertiary/aromatic N) is 2. The quantitative estimate of drug-likeness (QED) is 0.600. The maximum absolute atomic E-state index is 13.3. The Hall–Kier alpha value is -2.78. The van der Waals surface area contributed by atoms with Crippen LogP contribution in [0, 0.1) is 20.8 Å². The molecule has 7 nitrogen and oxygen atoms in total. The predicted octanol–water partition coefficient (Wildman–Crippen LogP) is 4.71. The fraction of sp³-hybridized carbons (Fsp3) is 0.360. The number of sulfonamides is 1. The lowest BCUT2D eigenvalue weighted by molar-refractivity contribution is -0.136. The molecule has 0 radical (unpaired) electrons. The summed E-state index contributed by atoms with van der Waals surface area (Å²) in [5.41, 5.74) is 4.74. The molecule has 2 heterocycles. The first-order chi connectivity index (χ1) is 16.1. The first-order valence-electron chi connectivity index (χ1n) is 11.1. The number of thioether (sulfide) groups is 1. The number of hydrogen-bond acceptors (Lipinski definition) is 7. The number of carbonyl (C=O) groups is 1. The van der Waals surface area contributed by atoms with Gasteiger partial charge < -0.3 is 9.64 Å². The zero-order valence-corrected chi connectivity index (χ0v) is 21.6. The predicted molar refractivity (Wildman–Crippen MR) is 137 cm³/mol. The first kappa shape index (κ1) is 24.3. The fourth-order valence-electron chi connectivity index (χ4n) is 4.76. The second-order valence-corrected chi connectivity index (χ2v) is 11.3.